The van der Waals surface area contributed by atoms with Crippen molar-refractivity contribution < 1.29 is 5.11 Å². The number of aromatic hydroxyl groups is 1. The van der Waals surface area contributed by atoms with Gasteiger partial charge in [-0.3, -0.25) is 0 Å². The van der Waals surface area contributed by atoms with E-state index in [4.69, 9.17) is 0 Å². The lowest BCUT2D eigenvalue weighted by molar-refractivity contribution is 0.475. The van der Waals surface area contributed by atoms with Gasteiger partial charge >= 0.3 is 0 Å². The second-order valence-corrected chi connectivity index (χ2v) is 5.17. The highest BCUT2D eigenvalue weighted by Crippen LogP contribution is 2.12. The molecule has 0 saturated heterocycles. The van der Waals surface area contributed by atoms with Crippen LogP contribution in [0.2, 0.25) is 0 Å². The number of aryl methyl sites for hydroxylation is 1. The van der Waals surface area contributed by atoms with Crippen molar-refractivity contribution in [1.29, 1.82) is 0 Å². The third-order valence-corrected chi connectivity index (χ3v) is 3.65. The number of hydrogen-bond donors (Lipinski definition) is 2. The molecule has 2 N–H and O–H groups in total. The third-order valence-electron chi connectivity index (χ3n) is 3.65. The first-order valence-corrected chi connectivity index (χ1v) is 7.15. The maximum atomic E-state index is 9.26. The van der Waals surface area contributed by atoms with E-state index in [9.17, 15) is 5.11 Å². The van der Waals surface area contributed by atoms with E-state index < -0.39 is 0 Å². The fraction of sp³-hybridized carbons (Fsp3) is 0.235. The van der Waals surface area contributed by atoms with Crippen LogP contribution in [0.15, 0.2) is 48.7 Å². The van der Waals surface area contributed by atoms with E-state index >= 15 is 0 Å². The Morgan fingerprint density at radius 2 is 1.95 bits per heavy atom. The molecule has 2 aromatic heterocycles. The Bertz CT molecular complexity index is 731. The molecule has 0 atom stereocenters. The quantitative estimate of drug-likeness (QED) is 0.707. The summed E-state index contributed by atoms with van der Waals surface area (Å²) in [7, 11) is 0. The van der Waals surface area contributed by atoms with Crippen LogP contribution in [0.4, 0.5) is 0 Å². The number of imidazole rings is 1. The highest BCUT2D eigenvalue weighted by atomic mass is 16.3. The van der Waals surface area contributed by atoms with E-state index in [-0.39, 0.29) is 0 Å². The van der Waals surface area contributed by atoms with Gasteiger partial charge in [0.1, 0.15) is 11.4 Å². The summed E-state index contributed by atoms with van der Waals surface area (Å²) in [6.45, 7) is 3.74. The van der Waals surface area contributed by atoms with Crippen LogP contribution in [0.3, 0.4) is 0 Å². The van der Waals surface area contributed by atoms with Crippen LogP contribution in [0.25, 0.3) is 5.65 Å². The van der Waals surface area contributed by atoms with Crippen LogP contribution in [-0.2, 0) is 13.0 Å². The molecule has 0 unspecified atom stereocenters. The molecule has 0 fully saturated rings. The number of phenols is 1. The van der Waals surface area contributed by atoms with Crippen molar-refractivity contribution in [3.8, 4) is 5.75 Å². The lowest BCUT2D eigenvalue weighted by atomic mass is 10.1. The molecule has 0 spiro atoms. The van der Waals surface area contributed by atoms with Gasteiger partial charge in [0.15, 0.2) is 0 Å². The third kappa shape index (κ3) is 3.06. The van der Waals surface area contributed by atoms with Gasteiger partial charge in [-0.25, -0.2) is 4.98 Å². The Balaban J connectivity index is 1.59. The second-order valence-electron chi connectivity index (χ2n) is 5.17. The predicted octanol–water partition coefficient (Wildman–Crippen LogP) is 2.68. The Kier molecular flexibility index (Phi) is 3.88. The van der Waals surface area contributed by atoms with Crippen molar-refractivity contribution in [2.24, 2.45) is 0 Å². The van der Waals surface area contributed by atoms with Gasteiger partial charge in [0.2, 0.25) is 0 Å². The number of pyridine rings is 1. The molecule has 1 aromatic carbocycles. The topological polar surface area (TPSA) is 49.6 Å². The van der Waals surface area contributed by atoms with Crippen LogP contribution >= 0.6 is 0 Å². The number of benzene rings is 1. The van der Waals surface area contributed by atoms with Gasteiger partial charge in [0.25, 0.3) is 0 Å². The summed E-state index contributed by atoms with van der Waals surface area (Å²) in [6, 6.07) is 13.4. The van der Waals surface area contributed by atoms with Gasteiger partial charge in [-0.1, -0.05) is 18.2 Å². The number of nitrogens with zero attached hydrogens (tertiary/aromatic N) is 2. The van der Waals surface area contributed by atoms with Crippen molar-refractivity contribution in [3.63, 3.8) is 0 Å². The molecular weight excluding hydrogens is 262 g/mol. The maximum absolute atomic E-state index is 9.26. The van der Waals surface area contributed by atoms with Gasteiger partial charge < -0.3 is 14.8 Å². The molecule has 0 amide bonds. The molecule has 0 aliphatic rings. The van der Waals surface area contributed by atoms with E-state index in [1.807, 2.05) is 43.5 Å². The summed E-state index contributed by atoms with van der Waals surface area (Å²) in [6.07, 6.45) is 2.99. The van der Waals surface area contributed by atoms with Crippen molar-refractivity contribution in [1.82, 2.24) is 14.7 Å². The molecule has 0 saturated carbocycles. The predicted molar refractivity (Wildman–Crippen MR) is 83.4 cm³/mol. The van der Waals surface area contributed by atoms with E-state index in [1.165, 1.54) is 11.3 Å². The highest BCUT2D eigenvalue weighted by Gasteiger charge is 2.07. The van der Waals surface area contributed by atoms with Crippen LogP contribution in [-0.4, -0.2) is 21.0 Å². The number of nitrogens with one attached hydrogen (secondary N) is 1. The molecular formula is C17H19N3O. The number of fused-ring (bicyclic) bond motifs is 1. The standard InChI is InChI=1S/C17H19N3O/c1-13-16(20-11-3-2-4-17(20)19-13)12-18-10-9-14-5-7-15(21)8-6-14/h2-8,11,18,21H,9-10,12H2,1H3. The Morgan fingerprint density at radius 1 is 1.14 bits per heavy atom. The minimum absolute atomic E-state index is 0.313. The molecule has 4 nitrogen and oxygen atoms in total. The monoisotopic (exact) mass is 281 g/mol. The van der Waals surface area contributed by atoms with Crippen molar-refractivity contribution in [2.75, 3.05) is 6.54 Å². The normalized spacial score (nSPS) is 11.1. The summed E-state index contributed by atoms with van der Waals surface area (Å²) in [4.78, 5) is 4.55. The lowest BCUT2D eigenvalue weighted by Gasteiger charge is -2.06. The molecule has 0 aliphatic carbocycles. The SMILES string of the molecule is Cc1nc2ccccn2c1CNCCc1ccc(O)cc1. The molecule has 4 heteroatoms. The minimum Gasteiger partial charge on any atom is -0.508 e. The van der Waals surface area contributed by atoms with Gasteiger partial charge in [-0.15, -0.1) is 0 Å². The first-order valence-electron chi connectivity index (χ1n) is 7.15. The molecule has 21 heavy (non-hydrogen) atoms. The second kappa shape index (κ2) is 5.97. The van der Waals surface area contributed by atoms with Crippen molar-refractivity contribution in [3.05, 3.63) is 65.6 Å². The zero-order valence-electron chi connectivity index (χ0n) is 12.1. The van der Waals surface area contributed by atoms with Gasteiger partial charge in [-0.2, -0.15) is 0 Å². The largest absolute Gasteiger partial charge is 0.508 e. The van der Waals surface area contributed by atoms with Crippen molar-refractivity contribution in [2.45, 2.75) is 19.9 Å². The lowest BCUT2D eigenvalue weighted by Crippen LogP contribution is -2.18. The van der Waals surface area contributed by atoms with E-state index in [1.54, 1.807) is 12.1 Å². The van der Waals surface area contributed by atoms with Gasteiger partial charge in [0, 0.05) is 12.7 Å². The average Bonchev–Trinajstić information content (AvgIpc) is 2.81. The fourth-order valence-corrected chi connectivity index (χ4v) is 2.48. The summed E-state index contributed by atoms with van der Waals surface area (Å²) >= 11 is 0. The minimum atomic E-state index is 0.313. The van der Waals surface area contributed by atoms with Gasteiger partial charge in [0.05, 0.1) is 11.4 Å². The Morgan fingerprint density at radius 3 is 2.76 bits per heavy atom. The molecule has 3 rings (SSSR count). The fourth-order valence-electron chi connectivity index (χ4n) is 2.48. The summed E-state index contributed by atoms with van der Waals surface area (Å²) in [5.41, 5.74) is 4.48. The number of hydrogen-bond acceptors (Lipinski definition) is 3. The van der Waals surface area contributed by atoms with Crippen LogP contribution in [0, 0.1) is 6.92 Å². The zero-order chi connectivity index (χ0) is 14.7. The summed E-state index contributed by atoms with van der Waals surface area (Å²) in [5.74, 6) is 0.313. The number of rotatable bonds is 5. The Labute approximate surface area is 124 Å². The summed E-state index contributed by atoms with van der Waals surface area (Å²) < 4.78 is 2.13. The van der Waals surface area contributed by atoms with Crippen molar-refractivity contribution >= 4 is 5.65 Å². The van der Waals surface area contributed by atoms with Gasteiger partial charge in [-0.05, 0) is 49.7 Å². The molecule has 0 aliphatic heterocycles. The van der Waals surface area contributed by atoms with E-state index in [0.29, 0.717) is 5.75 Å². The van der Waals surface area contributed by atoms with E-state index in [2.05, 4.69) is 14.7 Å². The molecule has 3 aromatic rings. The van der Waals surface area contributed by atoms with Crippen LogP contribution < -0.4 is 5.32 Å². The molecule has 108 valence electrons. The zero-order valence-corrected chi connectivity index (χ0v) is 12.1. The molecule has 0 bridgehead atoms. The van der Waals surface area contributed by atoms with Crippen LogP contribution in [0.5, 0.6) is 5.75 Å². The van der Waals surface area contributed by atoms with E-state index in [0.717, 1.165) is 30.9 Å². The summed E-state index contributed by atoms with van der Waals surface area (Å²) in [5, 5.41) is 12.7. The first-order chi connectivity index (χ1) is 10.2. The van der Waals surface area contributed by atoms with Crippen LogP contribution in [0.1, 0.15) is 17.0 Å². The smallest absolute Gasteiger partial charge is 0.137 e. The Hall–Kier alpha value is -2.33. The first kappa shape index (κ1) is 13.6. The average molecular weight is 281 g/mol. The molecule has 0 radical (unpaired) electrons. The maximum Gasteiger partial charge on any atom is 0.137 e. The number of phenolic OH excluding ortho intramolecular Hbond substituents is 1. The number of aromatic nitrogens is 2. The highest BCUT2D eigenvalue weighted by molar-refractivity contribution is 5.42. The molecule has 2 heterocycles.